The fourth-order valence-electron chi connectivity index (χ4n) is 1.07. The van der Waals surface area contributed by atoms with Gasteiger partial charge in [-0.2, -0.15) is 11.8 Å². The highest BCUT2D eigenvalue weighted by atomic mass is 32.2. The first-order valence-electron chi connectivity index (χ1n) is 5.46. The number of thioether (sulfide) groups is 1. The van der Waals surface area contributed by atoms with Crippen LogP contribution in [-0.4, -0.2) is 34.4 Å². The van der Waals surface area contributed by atoms with Crippen molar-refractivity contribution in [1.82, 2.24) is 4.98 Å². The minimum absolute atomic E-state index is 0.332. The zero-order valence-corrected chi connectivity index (χ0v) is 11.8. The Morgan fingerprint density at radius 2 is 2.33 bits per heavy atom. The highest BCUT2D eigenvalue weighted by Gasteiger charge is 2.13. The van der Waals surface area contributed by atoms with Gasteiger partial charge in [-0.25, -0.2) is 9.78 Å². The Kier molecular flexibility index (Phi) is 6.14. The summed E-state index contributed by atoms with van der Waals surface area (Å²) in [6.45, 7) is 3.74. The minimum Gasteiger partial charge on any atom is -0.481 e. The first-order chi connectivity index (χ1) is 8.54. The summed E-state index contributed by atoms with van der Waals surface area (Å²) in [4.78, 5) is 26.1. The normalized spacial score (nSPS) is 12.1. The van der Waals surface area contributed by atoms with Crippen LogP contribution in [0.25, 0.3) is 0 Å². The van der Waals surface area contributed by atoms with E-state index in [9.17, 15) is 9.59 Å². The van der Waals surface area contributed by atoms with Crippen LogP contribution in [0.2, 0.25) is 0 Å². The van der Waals surface area contributed by atoms with Gasteiger partial charge in [0.05, 0.1) is 18.2 Å². The Morgan fingerprint density at radius 1 is 1.61 bits per heavy atom. The zero-order valence-electron chi connectivity index (χ0n) is 10.2. The molecule has 7 heteroatoms. The molecule has 0 saturated carbocycles. The van der Waals surface area contributed by atoms with Crippen LogP contribution in [0.1, 0.15) is 29.3 Å². The number of esters is 1. The molecule has 0 spiro atoms. The smallest absolute Gasteiger partial charge is 0.367 e. The van der Waals surface area contributed by atoms with Crippen molar-refractivity contribution in [2.45, 2.75) is 19.6 Å². The highest BCUT2D eigenvalue weighted by Crippen LogP contribution is 2.18. The lowest BCUT2D eigenvalue weighted by Crippen LogP contribution is -2.11. The molecule has 0 aromatic carbocycles. The zero-order chi connectivity index (χ0) is 13.5. The standard InChI is InChI=1S/C11H15NO4S2/c1-3-16-11(15)9-12-8(6-18-9)5-17-4-7(2)10(13)14/h6-7H,3-5H2,1-2H3,(H,13,14). The number of nitrogens with zero attached hydrogens (tertiary/aromatic N) is 1. The summed E-state index contributed by atoms with van der Waals surface area (Å²) in [5, 5.41) is 10.9. The second kappa shape index (κ2) is 7.38. The molecule has 0 aliphatic carbocycles. The SMILES string of the molecule is CCOC(=O)c1nc(CSCC(C)C(=O)O)cs1. The van der Waals surface area contributed by atoms with Gasteiger partial charge in [-0.3, -0.25) is 4.79 Å². The minimum atomic E-state index is -0.798. The molecule has 1 aromatic heterocycles. The quantitative estimate of drug-likeness (QED) is 0.776. The number of hydrogen-bond acceptors (Lipinski definition) is 6. The predicted octanol–water partition coefficient (Wildman–Crippen LogP) is 2.27. The summed E-state index contributed by atoms with van der Waals surface area (Å²) in [5.41, 5.74) is 0.783. The number of carbonyl (C=O) groups is 2. The van der Waals surface area contributed by atoms with Crippen LogP contribution >= 0.6 is 23.1 Å². The number of thiazole rings is 1. The van der Waals surface area contributed by atoms with E-state index >= 15 is 0 Å². The summed E-state index contributed by atoms with van der Waals surface area (Å²) < 4.78 is 4.84. The number of hydrogen-bond donors (Lipinski definition) is 1. The van der Waals surface area contributed by atoms with Crippen LogP contribution in [0.3, 0.4) is 0 Å². The summed E-state index contributed by atoms with van der Waals surface area (Å²) in [6.07, 6.45) is 0. The molecule has 0 aliphatic heterocycles. The van der Waals surface area contributed by atoms with Crippen molar-refractivity contribution in [3.8, 4) is 0 Å². The molecule has 0 saturated heterocycles. The number of carbonyl (C=O) groups excluding carboxylic acids is 1. The van der Waals surface area contributed by atoms with Crippen molar-refractivity contribution in [2.75, 3.05) is 12.4 Å². The van der Waals surface area contributed by atoms with Crippen LogP contribution in [0.15, 0.2) is 5.38 Å². The molecule has 5 nitrogen and oxygen atoms in total. The number of carboxylic acids is 1. The van der Waals surface area contributed by atoms with Gasteiger partial charge in [-0.15, -0.1) is 11.3 Å². The van der Waals surface area contributed by atoms with Crippen molar-refractivity contribution in [2.24, 2.45) is 5.92 Å². The second-order valence-corrected chi connectivity index (χ2v) is 5.51. The lowest BCUT2D eigenvalue weighted by molar-refractivity contribution is -0.140. The number of aromatic nitrogens is 1. The largest absolute Gasteiger partial charge is 0.481 e. The van der Waals surface area contributed by atoms with Crippen LogP contribution < -0.4 is 0 Å². The van der Waals surface area contributed by atoms with Crippen LogP contribution in [0.5, 0.6) is 0 Å². The molecule has 1 heterocycles. The summed E-state index contributed by atoms with van der Waals surface area (Å²) in [5.74, 6) is -0.446. The Balaban J connectivity index is 2.40. The molecule has 1 N–H and O–H groups in total. The van der Waals surface area contributed by atoms with Crippen molar-refractivity contribution < 1.29 is 19.4 Å². The molecule has 1 unspecified atom stereocenters. The first-order valence-corrected chi connectivity index (χ1v) is 7.50. The number of ether oxygens (including phenoxy) is 1. The maximum absolute atomic E-state index is 11.4. The second-order valence-electron chi connectivity index (χ2n) is 3.62. The van der Waals surface area contributed by atoms with Gasteiger partial charge in [0.25, 0.3) is 0 Å². The van der Waals surface area contributed by atoms with Gasteiger partial charge in [0.2, 0.25) is 5.01 Å². The highest BCUT2D eigenvalue weighted by molar-refractivity contribution is 7.98. The molecule has 0 fully saturated rings. The Bertz CT molecular complexity index is 419. The van der Waals surface area contributed by atoms with E-state index in [-0.39, 0.29) is 5.92 Å². The van der Waals surface area contributed by atoms with Gasteiger partial charge < -0.3 is 9.84 Å². The van der Waals surface area contributed by atoms with Crippen LogP contribution in [0.4, 0.5) is 0 Å². The predicted molar refractivity (Wildman–Crippen MR) is 71.0 cm³/mol. The molecular formula is C11H15NO4S2. The number of carboxylic acid groups (broad SMARTS) is 1. The lowest BCUT2D eigenvalue weighted by atomic mass is 10.2. The topological polar surface area (TPSA) is 76.5 Å². The van der Waals surface area contributed by atoms with Gasteiger partial charge in [-0.1, -0.05) is 6.92 Å². The van der Waals surface area contributed by atoms with Gasteiger partial charge in [0, 0.05) is 16.9 Å². The number of aliphatic carboxylic acids is 1. The molecule has 0 bridgehead atoms. The third-order valence-corrected chi connectivity index (χ3v) is 4.15. The van der Waals surface area contributed by atoms with Gasteiger partial charge in [0.15, 0.2) is 0 Å². The van der Waals surface area contributed by atoms with E-state index in [0.717, 1.165) is 5.69 Å². The summed E-state index contributed by atoms with van der Waals surface area (Å²) >= 11 is 2.74. The van der Waals surface area contributed by atoms with Gasteiger partial charge in [0.1, 0.15) is 0 Å². The Labute approximate surface area is 114 Å². The number of rotatable bonds is 7. The average molecular weight is 289 g/mol. The van der Waals surface area contributed by atoms with E-state index in [1.165, 1.54) is 23.1 Å². The average Bonchev–Trinajstić information content (AvgIpc) is 2.78. The summed E-state index contributed by atoms with van der Waals surface area (Å²) in [6, 6.07) is 0. The molecule has 1 rings (SSSR count). The molecule has 18 heavy (non-hydrogen) atoms. The van der Waals surface area contributed by atoms with Gasteiger partial charge in [-0.05, 0) is 6.92 Å². The fraction of sp³-hybridized carbons (Fsp3) is 0.545. The third kappa shape index (κ3) is 4.66. The van der Waals surface area contributed by atoms with E-state index < -0.39 is 11.9 Å². The molecule has 100 valence electrons. The molecule has 0 amide bonds. The van der Waals surface area contributed by atoms with Crippen molar-refractivity contribution in [1.29, 1.82) is 0 Å². The lowest BCUT2D eigenvalue weighted by Gasteiger charge is -2.03. The molecular weight excluding hydrogens is 274 g/mol. The van der Waals surface area contributed by atoms with E-state index in [1.807, 2.05) is 0 Å². The van der Waals surface area contributed by atoms with Crippen molar-refractivity contribution >= 4 is 35.0 Å². The van der Waals surface area contributed by atoms with Gasteiger partial charge >= 0.3 is 11.9 Å². The van der Waals surface area contributed by atoms with Crippen molar-refractivity contribution in [3.63, 3.8) is 0 Å². The first kappa shape index (κ1) is 15.0. The Hall–Kier alpha value is -1.08. The molecule has 0 aliphatic rings. The third-order valence-electron chi connectivity index (χ3n) is 2.04. The maximum atomic E-state index is 11.4. The van der Waals surface area contributed by atoms with Crippen LogP contribution in [-0.2, 0) is 15.3 Å². The maximum Gasteiger partial charge on any atom is 0.367 e. The van der Waals surface area contributed by atoms with Crippen LogP contribution in [0, 0.1) is 5.92 Å². The Morgan fingerprint density at radius 3 is 2.94 bits per heavy atom. The van der Waals surface area contributed by atoms with E-state index in [4.69, 9.17) is 9.84 Å². The molecule has 1 atom stereocenters. The summed E-state index contributed by atoms with van der Waals surface area (Å²) in [7, 11) is 0. The fourth-order valence-corrected chi connectivity index (χ4v) is 2.86. The molecule has 1 aromatic rings. The van der Waals surface area contributed by atoms with Crippen molar-refractivity contribution in [3.05, 3.63) is 16.1 Å². The molecule has 0 radical (unpaired) electrons. The van der Waals surface area contributed by atoms with E-state index in [0.29, 0.717) is 23.1 Å². The monoisotopic (exact) mass is 289 g/mol. The van der Waals surface area contributed by atoms with E-state index in [1.54, 1.807) is 19.2 Å². The van der Waals surface area contributed by atoms with E-state index in [2.05, 4.69) is 4.98 Å².